The van der Waals surface area contributed by atoms with Crippen molar-refractivity contribution in [3.05, 3.63) is 202 Å². The topological polar surface area (TPSA) is 46.0 Å². The molecular formula is C46H33N3O. The van der Waals surface area contributed by atoms with Gasteiger partial charge in [-0.1, -0.05) is 140 Å². The highest BCUT2D eigenvalue weighted by molar-refractivity contribution is 6.05. The summed E-state index contributed by atoms with van der Waals surface area (Å²) in [6.45, 7) is 0. The molecule has 50 heavy (non-hydrogen) atoms. The molecule has 4 nitrogen and oxygen atoms in total. The Morgan fingerprint density at radius 3 is 1.94 bits per heavy atom. The molecule has 238 valence electrons. The van der Waals surface area contributed by atoms with Gasteiger partial charge in [-0.25, -0.2) is 0 Å². The highest BCUT2D eigenvalue weighted by Crippen LogP contribution is 2.62. The second-order valence-electron chi connectivity index (χ2n) is 13.2. The van der Waals surface area contributed by atoms with Crippen molar-refractivity contribution in [2.24, 2.45) is 9.98 Å². The summed E-state index contributed by atoms with van der Waals surface area (Å²) < 4.78 is 6.83. The number of nitrogens with zero attached hydrogens (tertiary/aromatic N) is 2. The third-order valence-electron chi connectivity index (χ3n) is 10.5. The second kappa shape index (κ2) is 11.4. The van der Waals surface area contributed by atoms with Gasteiger partial charge in [-0.3, -0.25) is 9.98 Å². The molecule has 0 radical (unpaired) electrons. The van der Waals surface area contributed by atoms with E-state index in [4.69, 9.17) is 14.7 Å². The largest absolute Gasteiger partial charge is 0.457 e. The van der Waals surface area contributed by atoms with Gasteiger partial charge in [-0.15, -0.1) is 0 Å². The number of para-hydroxylation sites is 1. The summed E-state index contributed by atoms with van der Waals surface area (Å²) >= 11 is 0. The number of ether oxygens (including phenoxy) is 1. The molecule has 4 aliphatic rings. The molecule has 0 saturated carbocycles. The highest BCUT2D eigenvalue weighted by atomic mass is 16.5. The van der Waals surface area contributed by atoms with E-state index in [0.717, 1.165) is 63.8 Å². The molecular weight excluding hydrogens is 611 g/mol. The van der Waals surface area contributed by atoms with Crippen LogP contribution in [0.25, 0.3) is 22.5 Å². The molecule has 0 aromatic heterocycles. The maximum atomic E-state index is 6.83. The number of hydrogen-bond acceptors (Lipinski definition) is 4. The summed E-state index contributed by atoms with van der Waals surface area (Å²) in [4.78, 5) is 10.4. The van der Waals surface area contributed by atoms with E-state index in [1.807, 2.05) is 12.3 Å². The Balaban J connectivity index is 1.16. The van der Waals surface area contributed by atoms with Crippen molar-refractivity contribution in [3.8, 4) is 22.6 Å². The van der Waals surface area contributed by atoms with Crippen molar-refractivity contribution in [1.82, 2.24) is 5.32 Å². The maximum absolute atomic E-state index is 6.83. The van der Waals surface area contributed by atoms with E-state index in [-0.39, 0.29) is 6.04 Å². The van der Waals surface area contributed by atoms with Gasteiger partial charge in [-0.05, 0) is 64.4 Å². The maximum Gasteiger partial charge on any atom is 0.133 e. The monoisotopic (exact) mass is 643 g/mol. The predicted octanol–water partition coefficient (Wildman–Crippen LogP) is 10.2. The fourth-order valence-electron chi connectivity index (χ4n) is 8.38. The molecule has 0 saturated heterocycles. The van der Waals surface area contributed by atoms with Gasteiger partial charge in [0.2, 0.25) is 0 Å². The minimum atomic E-state index is -0.486. The van der Waals surface area contributed by atoms with Crippen LogP contribution in [0.5, 0.6) is 11.5 Å². The third-order valence-corrected chi connectivity index (χ3v) is 10.5. The number of hydrogen-bond donors (Lipinski definition) is 1. The van der Waals surface area contributed by atoms with E-state index < -0.39 is 5.41 Å². The Morgan fingerprint density at radius 2 is 1.20 bits per heavy atom. The quantitative estimate of drug-likeness (QED) is 0.207. The van der Waals surface area contributed by atoms with E-state index in [9.17, 15) is 0 Å². The fraction of sp³-hybridized carbons (Fsp3) is 0.0870. The second-order valence-corrected chi connectivity index (χ2v) is 13.2. The van der Waals surface area contributed by atoms with Crippen LogP contribution < -0.4 is 10.1 Å². The Labute approximate surface area is 291 Å². The SMILES string of the molecule is C1=NC(c2ccc3c(c2)Oc2ccccc2C32c3ccccc3-c3ccccc32)=C(C2C=C(c3ccccc3)NC(c3ccccc3)=N2)CC1. The van der Waals surface area contributed by atoms with Gasteiger partial charge in [0.15, 0.2) is 0 Å². The van der Waals surface area contributed by atoms with Gasteiger partial charge in [0.25, 0.3) is 0 Å². The molecule has 1 aliphatic carbocycles. The van der Waals surface area contributed by atoms with Gasteiger partial charge in [0.05, 0.1) is 17.2 Å². The Hall–Kier alpha value is -6.26. The van der Waals surface area contributed by atoms with Gasteiger partial charge in [-0.2, -0.15) is 0 Å². The zero-order chi connectivity index (χ0) is 33.1. The van der Waals surface area contributed by atoms with E-state index in [1.54, 1.807) is 0 Å². The van der Waals surface area contributed by atoms with Crippen LogP contribution in [0.3, 0.4) is 0 Å². The van der Waals surface area contributed by atoms with Crippen molar-refractivity contribution in [2.75, 3.05) is 0 Å². The molecule has 6 aromatic carbocycles. The zero-order valence-corrected chi connectivity index (χ0v) is 27.4. The molecule has 1 N–H and O–H groups in total. The third kappa shape index (κ3) is 4.31. The molecule has 6 aromatic rings. The van der Waals surface area contributed by atoms with E-state index in [2.05, 4.69) is 157 Å². The molecule has 0 amide bonds. The van der Waals surface area contributed by atoms with Crippen LogP contribution in [0.1, 0.15) is 51.8 Å². The van der Waals surface area contributed by atoms with Crippen LogP contribution in [-0.2, 0) is 5.41 Å². The number of fused-ring (bicyclic) bond motifs is 9. The average Bonchev–Trinajstić information content (AvgIpc) is 3.49. The molecule has 0 bridgehead atoms. The molecule has 1 atom stereocenters. The summed E-state index contributed by atoms with van der Waals surface area (Å²) in [5.74, 6) is 2.61. The van der Waals surface area contributed by atoms with E-state index in [1.165, 1.54) is 33.4 Å². The first-order valence-corrected chi connectivity index (χ1v) is 17.3. The van der Waals surface area contributed by atoms with Crippen molar-refractivity contribution in [2.45, 2.75) is 24.3 Å². The summed E-state index contributed by atoms with van der Waals surface area (Å²) in [5, 5.41) is 3.63. The number of nitrogens with one attached hydrogen (secondary N) is 1. The Kier molecular flexibility index (Phi) is 6.56. The van der Waals surface area contributed by atoms with Crippen LogP contribution in [0.4, 0.5) is 0 Å². The zero-order valence-electron chi connectivity index (χ0n) is 27.4. The lowest BCUT2D eigenvalue weighted by molar-refractivity contribution is 0.436. The first kappa shape index (κ1) is 28.7. The fourth-order valence-corrected chi connectivity index (χ4v) is 8.38. The van der Waals surface area contributed by atoms with Gasteiger partial charge in [0.1, 0.15) is 17.3 Å². The Bertz CT molecular complexity index is 2340. The van der Waals surface area contributed by atoms with Crippen molar-refractivity contribution in [1.29, 1.82) is 0 Å². The number of rotatable bonds is 4. The first-order valence-electron chi connectivity index (χ1n) is 17.3. The Morgan fingerprint density at radius 1 is 0.580 bits per heavy atom. The summed E-state index contributed by atoms with van der Waals surface area (Å²) in [5.41, 5.74) is 13.4. The van der Waals surface area contributed by atoms with Crippen molar-refractivity contribution in [3.63, 3.8) is 0 Å². The van der Waals surface area contributed by atoms with Crippen molar-refractivity contribution >= 4 is 23.4 Å². The van der Waals surface area contributed by atoms with Gasteiger partial charge >= 0.3 is 0 Å². The number of aliphatic imine (C=N–C) groups is 2. The molecule has 3 aliphatic heterocycles. The van der Waals surface area contributed by atoms with E-state index in [0.29, 0.717) is 0 Å². The molecule has 3 heterocycles. The van der Waals surface area contributed by atoms with Crippen LogP contribution in [0, 0.1) is 0 Å². The van der Waals surface area contributed by atoms with Crippen LogP contribution in [-0.4, -0.2) is 18.1 Å². The molecule has 1 unspecified atom stereocenters. The van der Waals surface area contributed by atoms with E-state index >= 15 is 0 Å². The molecule has 0 fully saturated rings. The van der Waals surface area contributed by atoms with Crippen molar-refractivity contribution < 1.29 is 4.74 Å². The predicted molar refractivity (Wildman–Crippen MR) is 203 cm³/mol. The summed E-state index contributed by atoms with van der Waals surface area (Å²) in [6.07, 6.45) is 6.05. The van der Waals surface area contributed by atoms with Crippen LogP contribution in [0.2, 0.25) is 0 Å². The first-order chi connectivity index (χ1) is 24.8. The number of benzene rings is 6. The summed E-state index contributed by atoms with van der Waals surface area (Å²) in [6, 6.07) is 53.6. The van der Waals surface area contributed by atoms with Crippen LogP contribution >= 0.6 is 0 Å². The molecule has 10 rings (SSSR count). The normalized spacial score (nSPS) is 17.8. The lowest BCUT2D eigenvalue weighted by atomic mass is 9.66. The highest BCUT2D eigenvalue weighted by Gasteiger charge is 2.51. The number of amidine groups is 1. The smallest absolute Gasteiger partial charge is 0.133 e. The average molecular weight is 644 g/mol. The standard InChI is InChI=1S/C46H33N3O/c1-3-14-30(15-4-1)40-29-41(49-45(48-40)31-16-5-2-6-17-31)35-20-13-27-47-44(35)32-25-26-39-43(28-32)50-42-24-12-11-23-38(42)46(39)36-21-9-7-18-33(36)34-19-8-10-22-37(34)46/h1-12,14-19,21-29,41H,13,20H2,(H,48,49). The summed E-state index contributed by atoms with van der Waals surface area (Å²) in [7, 11) is 0. The lowest BCUT2D eigenvalue weighted by Crippen LogP contribution is -2.32. The van der Waals surface area contributed by atoms with Gasteiger partial charge in [0, 0.05) is 34.2 Å². The van der Waals surface area contributed by atoms with Crippen LogP contribution in [0.15, 0.2) is 173 Å². The van der Waals surface area contributed by atoms with Gasteiger partial charge < -0.3 is 10.1 Å². The lowest BCUT2D eigenvalue weighted by Gasteiger charge is -2.39. The molecule has 4 heteroatoms. The molecule has 1 spiro atoms. The minimum absolute atomic E-state index is 0.174. The minimum Gasteiger partial charge on any atom is -0.457 e.